The molecule has 1 aromatic heterocycles. The third-order valence-corrected chi connectivity index (χ3v) is 3.43. The van der Waals surface area contributed by atoms with Gasteiger partial charge in [0.25, 0.3) is 10.0 Å². The van der Waals surface area contributed by atoms with Gasteiger partial charge >= 0.3 is 6.03 Å². The molecule has 0 fully saturated rings. The van der Waals surface area contributed by atoms with Crippen LogP contribution in [-0.4, -0.2) is 39.6 Å². The minimum absolute atomic E-state index is 0.0327. The molecule has 8 nitrogen and oxygen atoms in total. The number of nitrogens with one attached hydrogen (secondary N) is 3. The van der Waals surface area contributed by atoms with Crippen LogP contribution in [0.3, 0.4) is 0 Å². The van der Waals surface area contributed by atoms with Crippen molar-refractivity contribution < 1.29 is 13.2 Å². The van der Waals surface area contributed by atoms with E-state index in [4.69, 9.17) is 5.73 Å². The van der Waals surface area contributed by atoms with Crippen LogP contribution in [0, 0.1) is 0 Å². The first-order valence-corrected chi connectivity index (χ1v) is 6.61. The zero-order valence-electron chi connectivity index (χ0n) is 9.80. The van der Waals surface area contributed by atoms with Crippen molar-refractivity contribution in [2.75, 3.05) is 25.5 Å². The lowest BCUT2D eigenvalue weighted by Gasteiger charge is -2.09. The average Bonchev–Trinajstić information content (AvgIpc) is 2.34. The van der Waals surface area contributed by atoms with Gasteiger partial charge in [0, 0.05) is 26.3 Å². The van der Waals surface area contributed by atoms with E-state index in [0.717, 1.165) is 0 Å². The summed E-state index contributed by atoms with van der Waals surface area (Å²) in [6.45, 7) is 0.140. The standard InChI is InChI=1S/C9H15N5O3S/c1-11-7-3-2-4-12-8(7)18(16,17)14-6-5-13-9(10)15/h2-4,11,14H,5-6H2,1H3,(H3,10,13,15). The number of nitrogens with two attached hydrogens (primary N) is 1. The van der Waals surface area contributed by atoms with Crippen LogP contribution >= 0.6 is 0 Å². The molecule has 0 spiro atoms. The highest BCUT2D eigenvalue weighted by Crippen LogP contribution is 2.16. The molecule has 0 atom stereocenters. The number of urea groups is 1. The Morgan fingerprint density at radius 2 is 2.17 bits per heavy atom. The summed E-state index contributed by atoms with van der Waals surface area (Å²) in [6, 6.07) is 2.52. The van der Waals surface area contributed by atoms with Crippen LogP contribution < -0.4 is 21.1 Å². The van der Waals surface area contributed by atoms with Crippen LogP contribution in [0.5, 0.6) is 0 Å². The Morgan fingerprint density at radius 1 is 1.44 bits per heavy atom. The van der Waals surface area contributed by atoms with E-state index in [0.29, 0.717) is 5.69 Å². The molecular formula is C9H15N5O3S. The molecule has 0 radical (unpaired) electrons. The summed E-state index contributed by atoms with van der Waals surface area (Å²) >= 11 is 0. The molecule has 18 heavy (non-hydrogen) atoms. The predicted octanol–water partition coefficient (Wildman–Crippen LogP) is -0.930. The number of amides is 2. The number of hydrogen-bond donors (Lipinski definition) is 4. The fourth-order valence-corrected chi connectivity index (χ4v) is 2.40. The number of carbonyl (C=O) groups excluding carboxylic acids is 1. The topological polar surface area (TPSA) is 126 Å². The van der Waals surface area contributed by atoms with Gasteiger partial charge in [0.15, 0.2) is 5.03 Å². The van der Waals surface area contributed by atoms with Gasteiger partial charge in [-0.15, -0.1) is 0 Å². The molecule has 1 rings (SSSR count). The Kier molecular flexibility index (Phi) is 4.86. The number of nitrogens with zero attached hydrogens (tertiary/aromatic N) is 1. The highest BCUT2D eigenvalue weighted by atomic mass is 32.2. The van der Waals surface area contributed by atoms with E-state index in [-0.39, 0.29) is 18.1 Å². The largest absolute Gasteiger partial charge is 0.386 e. The molecule has 0 aliphatic carbocycles. The molecule has 9 heteroatoms. The summed E-state index contributed by atoms with van der Waals surface area (Å²) in [7, 11) is -2.11. The van der Waals surface area contributed by atoms with Crippen LogP contribution in [-0.2, 0) is 10.0 Å². The van der Waals surface area contributed by atoms with Crippen molar-refractivity contribution in [2.45, 2.75) is 5.03 Å². The Morgan fingerprint density at radius 3 is 2.78 bits per heavy atom. The molecule has 0 aliphatic heterocycles. The average molecular weight is 273 g/mol. The van der Waals surface area contributed by atoms with Crippen LogP contribution in [0.25, 0.3) is 0 Å². The van der Waals surface area contributed by atoms with Gasteiger partial charge in [0.2, 0.25) is 0 Å². The molecule has 0 aliphatic rings. The highest BCUT2D eigenvalue weighted by Gasteiger charge is 2.18. The van der Waals surface area contributed by atoms with Gasteiger partial charge in [-0.2, -0.15) is 0 Å². The number of rotatable bonds is 6. The molecule has 5 N–H and O–H groups in total. The summed E-state index contributed by atoms with van der Waals surface area (Å²) in [4.78, 5) is 14.2. The second kappa shape index (κ2) is 6.17. The molecule has 0 saturated carbocycles. The van der Waals surface area contributed by atoms with Crippen molar-refractivity contribution in [3.63, 3.8) is 0 Å². The number of hydrogen-bond acceptors (Lipinski definition) is 5. The summed E-state index contributed by atoms with van der Waals surface area (Å²) in [5, 5.41) is 4.92. The molecular weight excluding hydrogens is 258 g/mol. The van der Waals surface area contributed by atoms with E-state index in [1.165, 1.54) is 6.20 Å². The van der Waals surface area contributed by atoms with E-state index in [1.54, 1.807) is 19.2 Å². The maximum atomic E-state index is 11.9. The van der Waals surface area contributed by atoms with Gasteiger partial charge < -0.3 is 16.4 Å². The number of sulfonamides is 1. The fraction of sp³-hybridized carbons (Fsp3) is 0.333. The van der Waals surface area contributed by atoms with Crippen LogP contribution in [0.4, 0.5) is 10.5 Å². The van der Waals surface area contributed by atoms with Crippen LogP contribution in [0.2, 0.25) is 0 Å². The van der Waals surface area contributed by atoms with Gasteiger partial charge in [-0.25, -0.2) is 22.9 Å². The first kappa shape index (κ1) is 14.2. The predicted molar refractivity (Wildman–Crippen MR) is 66.6 cm³/mol. The molecule has 0 unspecified atom stereocenters. The summed E-state index contributed by atoms with van der Waals surface area (Å²) in [5.74, 6) is 0. The number of primary amides is 1. The Hall–Kier alpha value is -1.87. The van der Waals surface area contributed by atoms with Crippen LogP contribution in [0.1, 0.15) is 0 Å². The smallest absolute Gasteiger partial charge is 0.312 e. The second-order valence-electron chi connectivity index (χ2n) is 3.29. The first-order chi connectivity index (χ1) is 8.47. The number of pyridine rings is 1. The number of aromatic nitrogens is 1. The molecule has 100 valence electrons. The fourth-order valence-electron chi connectivity index (χ4n) is 1.23. The third kappa shape index (κ3) is 3.86. The van der Waals surface area contributed by atoms with Crippen molar-refractivity contribution in [1.82, 2.24) is 15.0 Å². The molecule has 0 aromatic carbocycles. The van der Waals surface area contributed by atoms with Crippen LogP contribution in [0.15, 0.2) is 23.4 Å². The van der Waals surface area contributed by atoms with Gasteiger partial charge in [-0.3, -0.25) is 0 Å². The van der Waals surface area contributed by atoms with Crippen molar-refractivity contribution in [3.05, 3.63) is 18.3 Å². The summed E-state index contributed by atoms with van der Waals surface area (Å²) < 4.78 is 26.1. The van der Waals surface area contributed by atoms with Crippen molar-refractivity contribution in [3.8, 4) is 0 Å². The van der Waals surface area contributed by atoms with E-state index >= 15 is 0 Å². The lowest BCUT2D eigenvalue weighted by Crippen LogP contribution is -2.37. The summed E-state index contributed by atoms with van der Waals surface area (Å²) in [5.41, 5.74) is 5.25. The van der Waals surface area contributed by atoms with E-state index in [9.17, 15) is 13.2 Å². The highest BCUT2D eigenvalue weighted by molar-refractivity contribution is 7.89. The lowest BCUT2D eigenvalue weighted by molar-refractivity contribution is 0.249. The maximum absolute atomic E-state index is 11.9. The zero-order valence-corrected chi connectivity index (χ0v) is 10.6. The van der Waals surface area contributed by atoms with Gasteiger partial charge in [0.05, 0.1) is 5.69 Å². The Bertz CT molecular complexity index is 517. The molecule has 0 saturated heterocycles. The van der Waals surface area contributed by atoms with Crippen molar-refractivity contribution in [2.24, 2.45) is 5.73 Å². The first-order valence-electron chi connectivity index (χ1n) is 5.13. The van der Waals surface area contributed by atoms with E-state index in [2.05, 4.69) is 20.3 Å². The number of anilines is 1. The normalized spacial score (nSPS) is 10.9. The third-order valence-electron chi connectivity index (χ3n) is 2.01. The number of carbonyl (C=O) groups is 1. The maximum Gasteiger partial charge on any atom is 0.312 e. The quantitative estimate of drug-likeness (QED) is 0.498. The van der Waals surface area contributed by atoms with E-state index < -0.39 is 16.1 Å². The Balaban J connectivity index is 2.71. The van der Waals surface area contributed by atoms with Gasteiger partial charge in [-0.1, -0.05) is 0 Å². The molecule has 2 amide bonds. The summed E-state index contributed by atoms with van der Waals surface area (Å²) in [6.07, 6.45) is 1.39. The molecule has 1 heterocycles. The minimum Gasteiger partial charge on any atom is -0.386 e. The zero-order chi connectivity index (χ0) is 13.6. The van der Waals surface area contributed by atoms with Gasteiger partial charge in [0.1, 0.15) is 0 Å². The molecule has 0 bridgehead atoms. The monoisotopic (exact) mass is 273 g/mol. The van der Waals surface area contributed by atoms with E-state index in [1.807, 2.05) is 0 Å². The SMILES string of the molecule is CNc1cccnc1S(=O)(=O)NCCNC(N)=O. The lowest BCUT2D eigenvalue weighted by atomic mass is 10.4. The van der Waals surface area contributed by atoms with Crippen molar-refractivity contribution in [1.29, 1.82) is 0 Å². The van der Waals surface area contributed by atoms with Gasteiger partial charge in [-0.05, 0) is 12.1 Å². The molecule has 1 aromatic rings. The minimum atomic E-state index is -3.72. The second-order valence-corrected chi connectivity index (χ2v) is 4.98. The Labute approximate surface area is 105 Å². The van der Waals surface area contributed by atoms with Crippen molar-refractivity contribution >= 4 is 21.7 Å².